The van der Waals surface area contributed by atoms with Gasteiger partial charge >= 0.3 is 0 Å². The third-order valence-corrected chi connectivity index (χ3v) is 4.16. The predicted molar refractivity (Wildman–Crippen MR) is 72.8 cm³/mol. The zero-order valence-electron chi connectivity index (χ0n) is 10.5. The molecule has 0 heterocycles. The monoisotopic (exact) mass is 298 g/mol. The normalized spacial score (nSPS) is 11.3. The number of nitrogen functional groups attached to an aromatic ring is 1. The lowest BCUT2D eigenvalue weighted by Gasteiger charge is -2.12. The molecule has 2 aromatic carbocycles. The molecule has 3 N–H and O–H groups in total. The summed E-state index contributed by atoms with van der Waals surface area (Å²) in [6.45, 7) is 1.53. The van der Waals surface area contributed by atoms with Gasteiger partial charge in [0.2, 0.25) is 0 Å². The first-order valence-electron chi connectivity index (χ1n) is 5.64. The Kier molecular flexibility index (Phi) is 3.63. The van der Waals surface area contributed by atoms with Crippen LogP contribution in [-0.4, -0.2) is 8.42 Å². The van der Waals surface area contributed by atoms with Gasteiger partial charge in [-0.15, -0.1) is 0 Å². The van der Waals surface area contributed by atoms with E-state index < -0.39 is 26.6 Å². The van der Waals surface area contributed by atoms with Gasteiger partial charge in [-0.2, -0.15) is 0 Å². The van der Waals surface area contributed by atoms with Gasteiger partial charge in [-0.05, 0) is 42.8 Å². The standard InChI is InChI=1S/C13H12F2N2O2S/c1-8-7-9(14)5-6-12(8)17-20(18,19)13-10(15)3-2-4-11(13)16/h2-7,17H,16H2,1H3. The zero-order chi connectivity index (χ0) is 14.9. The smallest absolute Gasteiger partial charge is 0.266 e. The van der Waals surface area contributed by atoms with Crippen molar-refractivity contribution in [3.05, 3.63) is 53.6 Å². The maximum Gasteiger partial charge on any atom is 0.266 e. The van der Waals surface area contributed by atoms with Gasteiger partial charge in [-0.25, -0.2) is 17.2 Å². The maximum atomic E-state index is 13.7. The lowest BCUT2D eigenvalue weighted by Crippen LogP contribution is -2.17. The number of nitrogens with two attached hydrogens (primary N) is 1. The number of benzene rings is 2. The summed E-state index contributed by atoms with van der Waals surface area (Å²) in [4.78, 5) is -0.622. The Morgan fingerprint density at radius 1 is 1.15 bits per heavy atom. The summed E-state index contributed by atoms with van der Waals surface area (Å²) in [6.07, 6.45) is 0. The van der Waals surface area contributed by atoms with E-state index >= 15 is 0 Å². The minimum absolute atomic E-state index is 0.161. The molecule has 0 aliphatic rings. The Bertz CT molecular complexity index is 741. The van der Waals surface area contributed by atoms with Gasteiger partial charge in [0, 0.05) is 0 Å². The van der Waals surface area contributed by atoms with Crippen LogP contribution in [0.4, 0.5) is 20.2 Å². The first kappa shape index (κ1) is 14.3. The largest absolute Gasteiger partial charge is 0.398 e. The van der Waals surface area contributed by atoms with Crippen LogP contribution in [-0.2, 0) is 10.0 Å². The van der Waals surface area contributed by atoms with Gasteiger partial charge in [0.05, 0.1) is 11.4 Å². The molecular formula is C13H12F2N2O2S. The number of sulfonamides is 1. The fraction of sp³-hybridized carbons (Fsp3) is 0.0769. The van der Waals surface area contributed by atoms with Crippen LogP contribution >= 0.6 is 0 Å². The second-order valence-electron chi connectivity index (χ2n) is 4.22. The van der Waals surface area contributed by atoms with Crippen molar-refractivity contribution in [2.45, 2.75) is 11.8 Å². The number of nitrogens with one attached hydrogen (secondary N) is 1. The Morgan fingerprint density at radius 3 is 2.45 bits per heavy atom. The molecule has 0 amide bonds. The Hall–Kier alpha value is -2.15. The lowest BCUT2D eigenvalue weighted by molar-refractivity contribution is 0.571. The van der Waals surface area contributed by atoms with Crippen LogP contribution in [0.5, 0.6) is 0 Å². The Labute approximate surface area is 115 Å². The molecule has 4 nitrogen and oxygen atoms in total. The predicted octanol–water partition coefficient (Wildman–Crippen LogP) is 2.66. The van der Waals surface area contributed by atoms with E-state index in [4.69, 9.17) is 5.73 Å². The minimum Gasteiger partial charge on any atom is -0.398 e. The zero-order valence-corrected chi connectivity index (χ0v) is 11.3. The van der Waals surface area contributed by atoms with E-state index in [1.807, 2.05) is 0 Å². The number of hydrogen-bond acceptors (Lipinski definition) is 3. The van der Waals surface area contributed by atoms with E-state index in [2.05, 4.69) is 4.72 Å². The molecule has 2 rings (SSSR count). The average Bonchev–Trinajstić information content (AvgIpc) is 2.32. The molecular weight excluding hydrogens is 286 g/mol. The molecule has 20 heavy (non-hydrogen) atoms. The molecule has 0 aliphatic carbocycles. The van der Waals surface area contributed by atoms with E-state index in [1.54, 1.807) is 0 Å². The van der Waals surface area contributed by atoms with Crippen molar-refractivity contribution in [1.29, 1.82) is 0 Å². The summed E-state index contributed by atoms with van der Waals surface area (Å²) in [5.74, 6) is -1.44. The van der Waals surface area contributed by atoms with Crippen molar-refractivity contribution in [2.24, 2.45) is 0 Å². The van der Waals surface area contributed by atoms with Crippen LogP contribution in [0.15, 0.2) is 41.3 Å². The molecule has 0 aliphatic heterocycles. The van der Waals surface area contributed by atoms with E-state index in [1.165, 1.54) is 31.2 Å². The Morgan fingerprint density at radius 2 is 1.85 bits per heavy atom. The summed E-state index contributed by atoms with van der Waals surface area (Å²) in [6, 6.07) is 7.14. The molecule has 0 saturated heterocycles. The van der Waals surface area contributed by atoms with Crippen molar-refractivity contribution < 1.29 is 17.2 Å². The number of rotatable bonds is 3. The van der Waals surface area contributed by atoms with Gasteiger partial charge in [-0.3, -0.25) is 4.72 Å². The molecule has 0 unspecified atom stereocenters. The second kappa shape index (κ2) is 5.09. The van der Waals surface area contributed by atoms with Crippen LogP contribution in [0.2, 0.25) is 0 Å². The third kappa shape index (κ3) is 2.72. The van der Waals surface area contributed by atoms with Gasteiger partial charge < -0.3 is 5.73 Å². The highest BCUT2D eigenvalue weighted by Crippen LogP contribution is 2.25. The summed E-state index contributed by atoms with van der Waals surface area (Å²) < 4.78 is 53.1. The average molecular weight is 298 g/mol. The van der Waals surface area contributed by atoms with Crippen LogP contribution in [0.3, 0.4) is 0 Å². The minimum atomic E-state index is -4.18. The molecule has 106 valence electrons. The number of halogens is 2. The molecule has 0 aromatic heterocycles. The van der Waals surface area contributed by atoms with E-state index in [0.29, 0.717) is 5.56 Å². The highest BCUT2D eigenvalue weighted by atomic mass is 32.2. The van der Waals surface area contributed by atoms with Crippen LogP contribution in [0, 0.1) is 18.6 Å². The summed E-state index contributed by atoms with van der Waals surface area (Å²) >= 11 is 0. The van der Waals surface area contributed by atoms with Gasteiger partial charge in [0.15, 0.2) is 0 Å². The van der Waals surface area contributed by atoms with Crippen molar-refractivity contribution >= 4 is 21.4 Å². The van der Waals surface area contributed by atoms with Crippen LogP contribution in [0.25, 0.3) is 0 Å². The molecule has 0 saturated carbocycles. The Balaban J connectivity index is 2.46. The molecule has 0 spiro atoms. The van der Waals surface area contributed by atoms with Crippen molar-refractivity contribution in [3.63, 3.8) is 0 Å². The van der Waals surface area contributed by atoms with E-state index in [9.17, 15) is 17.2 Å². The fourth-order valence-electron chi connectivity index (χ4n) is 1.75. The van der Waals surface area contributed by atoms with Crippen molar-refractivity contribution in [2.75, 3.05) is 10.5 Å². The second-order valence-corrected chi connectivity index (χ2v) is 5.84. The number of anilines is 2. The van der Waals surface area contributed by atoms with Crippen LogP contribution < -0.4 is 10.5 Å². The lowest BCUT2D eigenvalue weighted by atomic mass is 10.2. The molecule has 0 radical (unpaired) electrons. The van der Waals surface area contributed by atoms with Crippen molar-refractivity contribution in [1.82, 2.24) is 0 Å². The SMILES string of the molecule is Cc1cc(F)ccc1NS(=O)(=O)c1c(N)cccc1F. The highest BCUT2D eigenvalue weighted by Gasteiger charge is 2.22. The molecule has 7 heteroatoms. The molecule has 0 atom stereocenters. The molecule has 0 bridgehead atoms. The third-order valence-electron chi connectivity index (χ3n) is 2.70. The molecule has 2 aromatic rings. The fourth-order valence-corrected chi connectivity index (χ4v) is 3.07. The van der Waals surface area contributed by atoms with E-state index in [-0.39, 0.29) is 11.4 Å². The number of hydrogen-bond donors (Lipinski definition) is 2. The van der Waals surface area contributed by atoms with Crippen LogP contribution in [0.1, 0.15) is 5.56 Å². The quantitative estimate of drug-likeness (QED) is 0.856. The first-order valence-corrected chi connectivity index (χ1v) is 7.12. The molecule has 0 fully saturated rings. The summed E-state index contributed by atoms with van der Waals surface area (Å²) in [5.41, 5.74) is 5.85. The topological polar surface area (TPSA) is 72.2 Å². The van der Waals surface area contributed by atoms with Crippen molar-refractivity contribution in [3.8, 4) is 0 Å². The van der Waals surface area contributed by atoms with Gasteiger partial charge in [0.1, 0.15) is 16.5 Å². The maximum absolute atomic E-state index is 13.7. The summed E-state index contributed by atoms with van der Waals surface area (Å²) in [5, 5.41) is 0. The number of aryl methyl sites for hydroxylation is 1. The highest BCUT2D eigenvalue weighted by molar-refractivity contribution is 7.92. The summed E-state index contributed by atoms with van der Waals surface area (Å²) in [7, 11) is -4.18. The van der Waals surface area contributed by atoms with E-state index in [0.717, 1.165) is 12.1 Å². The first-order chi connectivity index (χ1) is 9.31. The van der Waals surface area contributed by atoms with Gasteiger partial charge in [0.25, 0.3) is 10.0 Å². The van der Waals surface area contributed by atoms with Gasteiger partial charge in [-0.1, -0.05) is 6.07 Å².